The van der Waals surface area contributed by atoms with Crippen LogP contribution in [0.4, 0.5) is 10.2 Å². The Morgan fingerprint density at radius 2 is 2.19 bits per heavy atom. The minimum Gasteiger partial charge on any atom is -0.494 e. The zero-order chi connectivity index (χ0) is 19.6. The fourth-order valence-electron chi connectivity index (χ4n) is 3.23. The van der Waals surface area contributed by atoms with Gasteiger partial charge in [0.25, 0.3) is 5.91 Å². The van der Waals surface area contributed by atoms with E-state index in [1.807, 2.05) is 13.8 Å². The van der Waals surface area contributed by atoms with Crippen LogP contribution >= 0.6 is 0 Å². The normalized spacial score (nSPS) is 16.6. The summed E-state index contributed by atoms with van der Waals surface area (Å²) < 4.78 is 18.5. The Labute approximate surface area is 157 Å². The topological polar surface area (TPSA) is 93.4 Å². The van der Waals surface area contributed by atoms with Crippen molar-refractivity contribution in [1.29, 1.82) is 0 Å². The van der Waals surface area contributed by atoms with E-state index >= 15 is 0 Å². The number of nitrogens with one attached hydrogen (secondary N) is 1. The molecule has 0 saturated carbocycles. The van der Waals surface area contributed by atoms with Crippen molar-refractivity contribution in [3.63, 3.8) is 0 Å². The van der Waals surface area contributed by atoms with Crippen LogP contribution in [0.1, 0.15) is 33.9 Å². The monoisotopic (exact) mass is 373 g/mol. The molecule has 1 aliphatic rings. The molecule has 0 spiro atoms. The number of anilines is 1. The van der Waals surface area contributed by atoms with Gasteiger partial charge in [0.15, 0.2) is 11.6 Å². The molecule has 144 valence electrons. The second-order valence-electron chi connectivity index (χ2n) is 6.73. The SMILES string of the molecule is COc1cc(CN[C@@H]2CCN(c3nc(C(N)=O)nc(C)c3C)C2)ccc1F. The zero-order valence-corrected chi connectivity index (χ0v) is 15.8. The van der Waals surface area contributed by atoms with E-state index in [4.69, 9.17) is 10.5 Å². The van der Waals surface area contributed by atoms with Crippen LogP contribution in [-0.4, -0.2) is 42.1 Å². The number of methoxy groups -OCH3 is 1. The summed E-state index contributed by atoms with van der Waals surface area (Å²) in [6.07, 6.45) is 0.937. The second kappa shape index (κ2) is 7.87. The van der Waals surface area contributed by atoms with E-state index in [2.05, 4.69) is 20.2 Å². The van der Waals surface area contributed by atoms with Crippen LogP contribution in [0, 0.1) is 19.7 Å². The molecular formula is C19H24FN5O2. The molecule has 1 atom stereocenters. The van der Waals surface area contributed by atoms with Gasteiger partial charge in [0.1, 0.15) is 5.82 Å². The molecule has 3 N–H and O–H groups in total. The maximum atomic E-state index is 13.5. The molecule has 8 heteroatoms. The van der Waals surface area contributed by atoms with Gasteiger partial charge in [0.05, 0.1) is 7.11 Å². The number of aryl methyl sites for hydroxylation is 1. The average Bonchev–Trinajstić information content (AvgIpc) is 3.11. The van der Waals surface area contributed by atoms with E-state index in [9.17, 15) is 9.18 Å². The number of ether oxygens (including phenoxy) is 1. The summed E-state index contributed by atoms with van der Waals surface area (Å²) in [4.78, 5) is 22.1. The number of halogens is 1. The maximum absolute atomic E-state index is 13.5. The molecule has 7 nitrogen and oxygen atoms in total. The van der Waals surface area contributed by atoms with Gasteiger partial charge in [0.2, 0.25) is 5.82 Å². The highest BCUT2D eigenvalue weighted by molar-refractivity contribution is 5.89. The van der Waals surface area contributed by atoms with Gasteiger partial charge in [-0.25, -0.2) is 14.4 Å². The van der Waals surface area contributed by atoms with Crippen LogP contribution in [-0.2, 0) is 6.54 Å². The van der Waals surface area contributed by atoms with E-state index in [1.165, 1.54) is 13.2 Å². The van der Waals surface area contributed by atoms with Crippen LogP contribution < -0.4 is 20.7 Å². The van der Waals surface area contributed by atoms with Crippen LogP contribution in [0.2, 0.25) is 0 Å². The number of primary amides is 1. The molecule has 2 heterocycles. The highest BCUT2D eigenvalue weighted by Crippen LogP contribution is 2.24. The molecule has 0 radical (unpaired) electrons. The van der Waals surface area contributed by atoms with E-state index in [1.54, 1.807) is 12.1 Å². The minimum atomic E-state index is -0.626. The van der Waals surface area contributed by atoms with Crippen molar-refractivity contribution in [3.05, 3.63) is 46.7 Å². The molecule has 1 saturated heterocycles. The highest BCUT2D eigenvalue weighted by atomic mass is 19.1. The third-order valence-corrected chi connectivity index (χ3v) is 4.88. The van der Waals surface area contributed by atoms with E-state index in [-0.39, 0.29) is 23.4 Å². The molecule has 27 heavy (non-hydrogen) atoms. The van der Waals surface area contributed by atoms with Crippen molar-refractivity contribution in [1.82, 2.24) is 15.3 Å². The lowest BCUT2D eigenvalue weighted by molar-refractivity contribution is 0.0990. The summed E-state index contributed by atoms with van der Waals surface area (Å²) in [6.45, 7) is 5.98. The largest absolute Gasteiger partial charge is 0.494 e. The Kier molecular flexibility index (Phi) is 5.55. The average molecular weight is 373 g/mol. The number of aromatic nitrogens is 2. The predicted molar refractivity (Wildman–Crippen MR) is 100 cm³/mol. The third-order valence-electron chi connectivity index (χ3n) is 4.88. The van der Waals surface area contributed by atoms with Crippen LogP contribution in [0.5, 0.6) is 5.75 Å². The fourth-order valence-corrected chi connectivity index (χ4v) is 3.23. The number of carbonyl (C=O) groups is 1. The quantitative estimate of drug-likeness (QED) is 0.801. The molecule has 1 aromatic carbocycles. The first-order valence-electron chi connectivity index (χ1n) is 8.84. The molecule has 1 aromatic heterocycles. The Morgan fingerprint density at radius 1 is 1.41 bits per heavy atom. The first kappa shape index (κ1) is 19.0. The van der Waals surface area contributed by atoms with E-state index < -0.39 is 5.91 Å². The van der Waals surface area contributed by atoms with Crippen molar-refractivity contribution in [2.24, 2.45) is 5.73 Å². The maximum Gasteiger partial charge on any atom is 0.286 e. The summed E-state index contributed by atoms with van der Waals surface area (Å²) in [6, 6.07) is 5.11. The molecule has 1 aliphatic heterocycles. The van der Waals surface area contributed by atoms with Crippen molar-refractivity contribution in [3.8, 4) is 5.75 Å². The Hall–Kier alpha value is -2.74. The Morgan fingerprint density at radius 3 is 2.89 bits per heavy atom. The number of rotatable bonds is 6. The van der Waals surface area contributed by atoms with Gasteiger partial charge in [-0.2, -0.15) is 0 Å². The summed E-state index contributed by atoms with van der Waals surface area (Å²) in [5, 5.41) is 3.49. The van der Waals surface area contributed by atoms with Gasteiger partial charge >= 0.3 is 0 Å². The van der Waals surface area contributed by atoms with Crippen molar-refractivity contribution in [2.75, 3.05) is 25.1 Å². The number of hydrogen-bond acceptors (Lipinski definition) is 6. The van der Waals surface area contributed by atoms with Gasteiger partial charge in [-0.05, 0) is 38.0 Å². The van der Waals surface area contributed by atoms with Gasteiger partial charge < -0.3 is 20.7 Å². The fraction of sp³-hybridized carbons (Fsp3) is 0.421. The molecule has 1 amide bonds. The number of carbonyl (C=O) groups excluding carboxylic acids is 1. The summed E-state index contributed by atoms with van der Waals surface area (Å²) in [5.74, 6) is 0.0482. The number of hydrogen-bond donors (Lipinski definition) is 2. The molecule has 3 rings (SSSR count). The van der Waals surface area contributed by atoms with Crippen LogP contribution in [0.3, 0.4) is 0 Å². The molecular weight excluding hydrogens is 349 g/mol. The van der Waals surface area contributed by atoms with Crippen LogP contribution in [0.25, 0.3) is 0 Å². The zero-order valence-electron chi connectivity index (χ0n) is 15.8. The van der Waals surface area contributed by atoms with Gasteiger partial charge in [0, 0.05) is 36.9 Å². The molecule has 1 fully saturated rings. The summed E-state index contributed by atoms with van der Waals surface area (Å²) in [5.41, 5.74) is 8.00. The lowest BCUT2D eigenvalue weighted by Crippen LogP contribution is -2.33. The van der Waals surface area contributed by atoms with Crippen molar-refractivity contribution < 1.29 is 13.9 Å². The molecule has 0 bridgehead atoms. The number of amides is 1. The number of nitrogens with two attached hydrogens (primary N) is 1. The van der Waals surface area contributed by atoms with E-state index in [0.29, 0.717) is 6.54 Å². The standard InChI is InChI=1S/C19H24FN5O2/c1-11-12(2)23-18(17(21)26)24-19(11)25-7-6-14(10-25)22-9-13-4-5-15(20)16(8-13)27-3/h4-5,8,14,22H,6-7,9-10H2,1-3H3,(H2,21,26)/t14-/m1/s1. The second-order valence-corrected chi connectivity index (χ2v) is 6.73. The lowest BCUT2D eigenvalue weighted by Gasteiger charge is -2.21. The first-order valence-corrected chi connectivity index (χ1v) is 8.84. The van der Waals surface area contributed by atoms with Gasteiger partial charge in [-0.15, -0.1) is 0 Å². The van der Waals surface area contributed by atoms with Crippen molar-refractivity contribution in [2.45, 2.75) is 32.9 Å². The Bertz CT molecular complexity index is 858. The number of nitrogens with zero attached hydrogens (tertiary/aromatic N) is 3. The smallest absolute Gasteiger partial charge is 0.286 e. The molecule has 2 aromatic rings. The minimum absolute atomic E-state index is 0.0444. The van der Waals surface area contributed by atoms with E-state index in [0.717, 1.165) is 42.1 Å². The van der Waals surface area contributed by atoms with Gasteiger partial charge in [-0.1, -0.05) is 6.07 Å². The summed E-state index contributed by atoms with van der Waals surface area (Å²) in [7, 11) is 1.46. The summed E-state index contributed by atoms with van der Waals surface area (Å²) >= 11 is 0. The molecule has 0 unspecified atom stereocenters. The van der Waals surface area contributed by atoms with Crippen LogP contribution in [0.15, 0.2) is 18.2 Å². The third kappa shape index (κ3) is 4.16. The predicted octanol–water partition coefficient (Wildman–Crippen LogP) is 1.71. The number of benzene rings is 1. The highest BCUT2D eigenvalue weighted by Gasteiger charge is 2.26. The Balaban J connectivity index is 1.66. The van der Waals surface area contributed by atoms with Crippen molar-refractivity contribution >= 4 is 11.7 Å². The first-order chi connectivity index (χ1) is 12.9. The lowest BCUT2D eigenvalue weighted by atomic mass is 10.2. The molecule has 0 aliphatic carbocycles. The van der Waals surface area contributed by atoms with Gasteiger partial charge in [-0.3, -0.25) is 4.79 Å².